The summed E-state index contributed by atoms with van der Waals surface area (Å²) in [5, 5.41) is 19.0. The minimum Gasteiger partial charge on any atom is -0.357 e. The summed E-state index contributed by atoms with van der Waals surface area (Å²) in [6.45, 7) is 9.93. The molecular weight excluding hydrogens is 306 g/mol. The monoisotopic (exact) mass is 333 g/mol. The molecule has 126 valence electrons. The molecule has 2 N–H and O–H groups in total. The van der Waals surface area contributed by atoms with E-state index in [4.69, 9.17) is 0 Å². The first-order valence-electron chi connectivity index (χ1n) is 8.33. The van der Waals surface area contributed by atoms with Gasteiger partial charge in [0.2, 0.25) is 0 Å². The van der Waals surface area contributed by atoms with Crippen LogP contribution in [0.25, 0.3) is 0 Å². The molecule has 0 amide bonds. The average Bonchev–Trinajstić information content (AvgIpc) is 3.13. The lowest BCUT2D eigenvalue weighted by molar-refractivity contribution is 0.532. The number of nitrogens with zero attached hydrogens (tertiary/aromatic N) is 3. The molecule has 1 aliphatic carbocycles. The van der Waals surface area contributed by atoms with E-state index in [1.54, 1.807) is 11.3 Å². The highest BCUT2D eigenvalue weighted by molar-refractivity contribution is 7.09. The van der Waals surface area contributed by atoms with Crippen molar-refractivity contribution in [2.75, 3.05) is 6.54 Å². The summed E-state index contributed by atoms with van der Waals surface area (Å²) in [7, 11) is 0. The van der Waals surface area contributed by atoms with Gasteiger partial charge >= 0.3 is 0 Å². The summed E-state index contributed by atoms with van der Waals surface area (Å²) in [6, 6.07) is 2.61. The third kappa shape index (κ3) is 4.93. The molecule has 1 fully saturated rings. The molecule has 1 aromatic rings. The highest BCUT2D eigenvalue weighted by atomic mass is 32.1. The Kier molecular flexibility index (Phi) is 6.00. The molecule has 0 radical (unpaired) electrons. The van der Waals surface area contributed by atoms with Crippen molar-refractivity contribution in [1.29, 1.82) is 5.26 Å². The van der Waals surface area contributed by atoms with Crippen LogP contribution in [0, 0.1) is 17.2 Å². The molecule has 0 aliphatic heterocycles. The van der Waals surface area contributed by atoms with Crippen LogP contribution in [0.4, 0.5) is 0 Å². The zero-order valence-corrected chi connectivity index (χ0v) is 15.3. The van der Waals surface area contributed by atoms with Crippen LogP contribution in [0.15, 0.2) is 10.4 Å². The summed E-state index contributed by atoms with van der Waals surface area (Å²) in [6.07, 6.45) is 3.12. The number of guanidine groups is 1. The standard InChI is InChI=1S/C17H27N5S/c1-5-19-16(21-13-8-6-7-12(13)9-18)20-10-15-22-14(11-23-15)17(2,3)4/h11-13H,5-8,10H2,1-4H3,(H2,19,20,21). The van der Waals surface area contributed by atoms with Crippen molar-refractivity contribution < 1.29 is 0 Å². The fourth-order valence-electron chi connectivity index (χ4n) is 2.66. The van der Waals surface area contributed by atoms with Gasteiger partial charge in [0.1, 0.15) is 5.01 Å². The number of nitrogens with one attached hydrogen (secondary N) is 2. The van der Waals surface area contributed by atoms with E-state index in [2.05, 4.69) is 59.8 Å². The Hall–Kier alpha value is -1.61. The van der Waals surface area contributed by atoms with E-state index in [1.165, 1.54) is 0 Å². The van der Waals surface area contributed by atoms with Crippen molar-refractivity contribution >= 4 is 17.3 Å². The lowest BCUT2D eigenvalue weighted by Gasteiger charge is -2.19. The first-order valence-corrected chi connectivity index (χ1v) is 9.21. The SMILES string of the molecule is CCNC(=NCc1nc(C(C)(C)C)cs1)NC1CCCC1C#N. The zero-order chi connectivity index (χ0) is 16.9. The van der Waals surface area contributed by atoms with E-state index in [9.17, 15) is 5.26 Å². The second-order valence-corrected chi connectivity index (χ2v) is 7.93. The van der Waals surface area contributed by atoms with Gasteiger partial charge in [-0.2, -0.15) is 5.26 Å². The Morgan fingerprint density at radius 2 is 2.26 bits per heavy atom. The Labute approximate surface area is 143 Å². The minimum absolute atomic E-state index is 0.0745. The Balaban J connectivity index is 2.01. The molecule has 0 spiro atoms. The second kappa shape index (κ2) is 7.78. The Morgan fingerprint density at radius 1 is 1.48 bits per heavy atom. The third-order valence-corrected chi connectivity index (χ3v) is 4.87. The van der Waals surface area contributed by atoms with Crippen LogP contribution in [-0.2, 0) is 12.0 Å². The molecule has 1 heterocycles. The summed E-state index contributed by atoms with van der Waals surface area (Å²) in [5.41, 5.74) is 1.19. The number of rotatable bonds is 4. The highest BCUT2D eigenvalue weighted by Crippen LogP contribution is 2.25. The van der Waals surface area contributed by atoms with Crippen LogP contribution >= 0.6 is 11.3 Å². The van der Waals surface area contributed by atoms with Gasteiger partial charge in [-0.3, -0.25) is 0 Å². The number of hydrogen-bond acceptors (Lipinski definition) is 4. The normalized spacial score (nSPS) is 22.0. The van der Waals surface area contributed by atoms with E-state index in [1.807, 2.05) is 0 Å². The van der Waals surface area contributed by atoms with E-state index in [-0.39, 0.29) is 17.4 Å². The second-order valence-electron chi connectivity index (χ2n) is 6.99. The number of aliphatic imine (C=N–C) groups is 1. The molecule has 0 aromatic carbocycles. The topological polar surface area (TPSA) is 73.1 Å². The van der Waals surface area contributed by atoms with E-state index in [0.717, 1.165) is 42.5 Å². The van der Waals surface area contributed by atoms with Crippen molar-refractivity contribution in [2.45, 2.75) is 65.0 Å². The van der Waals surface area contributed by atoms with Crippen molar-refractivity contribution in [1.82, 2.24) is 15.6 Å². The van der Waals surface area contributed by atoms with E-state index >= 15 is 0 Å². The van der Waals surface area contributed by atoms with Gasteiger partial charge in [0.15, 0.2) is 5.96 Å². The van der Waals surface area contributed by atoms with Crippen LogP contribution in [0.5, 0.6) is 0 Å². The quantitative estimate of drug-likeness (QED) is 0.655. The van der Waals surface area contributed by atoms with Gasteiger partial charge in [0.25, 0.3) is 0 Å². The maximum Gasteiger partial charge on any atom is 0.191 e. The predicted molar refractivity (Wildman–Crippen MR) is 95.5 cm³/mol. The zero-order valence-electron chi connectivity index (χ0n) is 14.5. The molecule has 2 unspecified atom stereocenters. The van der Waals surface area contributed by atoms with Gasteiger partial charge in [-0.05, 0) is 26.2 Å². The number of hydrogen-bond donors (Lipinski definition) is 2. The highest BCUT2D eigenvalue weighted by Gasteiger charge is 2.27. The maximum absolute atomic E-state index is 9.21. The average molecular weight is 334 g/mol. The summed E-state index contributed by atoms with van der Waals surface area (Å²) in [5.74, 6) is 0.873. The third-order valence-electron chi connectivity index (χ3n) is 4.04. The summed E-state index contributed by atoms with van der Waals surface area (Å²) < 4.78 is 0. The van der Waals surface area contributed by atoms with Gasteiger partial charge in [0, 0.05) is 23.4 Å². The summed E-state index contributed by atoms with van der Waals surface area (Å²) >= 11 is 1.66. The van der Waals surface area contributed by atoms with Crippen molar-refractivity contribution in [3.8, 4) is 6.07 Å². The van der Waals surface area contributed by atoms with Gasteiger partial charge in [-0.25, -0.2) is 9.98 Å². The fraction of sp³-hybridized carbons (Fsp3) is 0.706. The smallest absolute Gasteiger partial charge is 0.191 e. The largest absolute Gasteiger partial charge is 0.357 e. The van der Waals surface area contributed by atoms with Gasteiger partial charge in [-0.1, -0.05) is 20.8 Å². The number of thiazole rings is 1. The first kappa shape index (κ1) is 17.7. The van der Waals surface area contributed by atoms with Gasteiger partial charge < -0.3 is 10.6 Å². The Bertz CT molecular complexity index is 579. The Morgan fingerprint density at radius 3 is 2.87 bits per heavy atom. The molecule has 1 aromatic heterocycles. The summed E-state index contributed by atoms with van der Waals surface area (Å²) in [4.78, 5) is 9.32. The van der Waals surface area contributed by atoms with Crippen molar-refractivity contribution in [3.05, 3.63) is 16.1 Å². The van der Waals surface area contributed by atoms with Crippen molar-refractivity contribution in [3.63, 3.8) is 0 Å². The van der Waals surface area contributed by atoms with Crippen molar-refractivity contribution in [2.24, 2.45) is 10.9 Å². The van der Waals surface area contributed by atoms with E-state index in [0.29, 0.717) is 6.54 Å². The maximum atomic E-state index is 9.21. The molecule has 6 heteroatoms. The molecule has 0 saturated heterocycles. The molecule has 1 saturated carbocycles. The first-order chi connectivity index (χ1) is 10.9. The molecule has 2 rings (SSSR count). The molecule has 2 atom stereocenters. The van der Waals surface area contributed by atoms with Crippen LogP contribution in [0.1, 0.15) is 57.7 Å². The van der Waals surface area contributed by atoms with Crippen LogP contribution in [-0.4, -0.2) is 23.5 Å². The van der Waals surface area contributed by atoms with Gasteiger partial charge in [0.05, 0.1) is 24.2 Å². The van der Waals surface area contributed by atoms with Crippen LogP contribution in [0.2, 0.25) is 0 Å². The fourth-order valence-corrected chi connectivity index (χ4v) is 3.60. The number of aromatic nitrogens is 1. The van der Waals surface area contributed by atoms with E-state index < -0.39 is 0 Å². The number of nitriles is 1. The predicted octanol–water partition coefficient (Wildman–Crippen LogP) is 3.19. The van der Waals surface area contributed by atoms with Gasteiger partial charge in [-0.15, -0.1) is 11.3 Å². The van der Waals surface area contributed by atoms with Crippen LogP contribution in [0.3, 0.4) is 0 Å². The molecule has 0 bridgehead atoms. The lowest BCUT2D eigenvalue weighted by Crippen LogP contribution is -2.44. The molecular formula is C17H27N5S. The molecule has 23 heavy (non-hydrogen) atoms. The molecule has 1 aliphatic rings. The minimum atomic E-state index is 0.0745. The molecule has 5 nitrogen and oxygen atoms in total. The van der Waals surface area contributed by atoms with Crippen LogP contribution < -0.4 is 10.6 Å². The lowest BCUT2D eigenvalue weighted by atomic mass is 9.93.